The first-order chi connectivity index (χ1) is 9.25. The van der Waals surface area contributed by atoms with Crippen LogP contribution in [0.5, 0.6) is 0 Å². The van der Waals surface area contributed by atoms with Crippen LogP contribution in [-0.4, -0.2) is 45.8 Å². The Balaban J connectivity index is 2.89. The molecule has 0 aliphatic rings. The maximum absolute atomic E-state index is 11.2. The Morgan fingerprint density at radius 3 is 2.45 bits per heavy atom. The molecule has 1 N–H and O–H groups in total. The number of aryl methyl sites for hydroxylation is 1. The number of nitro groups is 1. The number of hydrogen-bond donors (Lipinski definition) is 1. The fourth-order valence-corrected chi connectivity index (χ4v) is 1.90. The molecule has 0 aromatic carbocycles. The molecule has 0 fully saturated rings. The van der Waals surface area contributed by atoms with Crippen LogP contribution in [-0.2, 0) is 0 Å². The zero-order chi connectivity index (χ0) is 15.4. The van der Waals surface area contributed by atoms with Crippen LogP contribution in [0.25, 0.3) is 0 Å². The quantitative estimate of drug-likeness (QED) is 0.614. The average Bonchev–Trinajstić information content (AvgIpc) is 2.66. The summed E-state index contributed by atoms with van der Waals surface area (Å²) in [5.41, 5.74) is 0.523. The standard InChI is InChI=1S/C13H25N5O2/c1-9(2)16(6)8-7-14-13-12(18(19)20)11(5)15-17(13)10(3)4/h9-10,14H,7-8H2,1-6H3. The summed E-state index contributed by atoms with van der Waals surface area (Å²) in [4.78, 5) is 13.0. The van der Waals surface area contributed by atoms with E-state index in [1.807, 2.05) is 20.9 Å². The third-order valence-corrected chi connectivity index (χ3v) is 3.36. The first-order valence-corrected chi connectivity index (χ1v) is 6.93. The van der Waals surface area contributed by atoms with Gasteiger partial charge in [0, 0.05) is 25.2 Å². The Labute approximate surface area is 120 Å². The van der Waals surface area contributed by atoms with E-state index in [1.165, 1.54) is 0 Å². The predicted molar refractivity (Wildman–Crippen MR) is 80.3 cm³/mol. The smallest absolute Gasteiger partial charge is 0.333 e. The van der Waals surface area contributed by atoms with Crippen molar-refractivity contribution >= 4 is 11.5 Å². The summed E-state index contributed by atoms with van der Waals surface area (Å²) in [7, 11) is 2.03. The second-order valence-electron chi connectivity index (χ2n) is 5.58. The molecule has 0 saturated carbocycles. The van der Waals surface area contributed by atoms with Gasteiger partial charge in [-0.05, 0) is 41.7 Å². The first kappa shape index (κ1) is 16.4. The van der Waals surface area contributed by atoms with Crippen molar-refractivity contribution in [3.63, 3.8) is 0 Å². The van der Waals surface area contributed by atoms with Crippen LogP contribution in [0.15, 0.2) is 0 Å². The Kier molecular flexibility index (Phi) is 5.50. The Bertz CT molecular complexity index is 468. The lowest BCUT2D eigenvalue weighted by atomic mass is 10.3. The van der Waals surface area contributed by atoms with Gasteiger partial charge in [0.15, 0.2) is 0 Å². The highest BCUT2D eigenvalue weighted by atomic mass is 16.6. The molecule has 0 unspecified atom stereocenters. The molecule has 0 bridgehead atoms. The van der Waals surface area contributed by atoms with Crippen molar-refractivity contribution in [1.29, 1.82) is 0 Å². The molecular weight excluding hydrogens is 258 g/mol. The van der Waals surface area contributed by atoms with Gasteiger partial charge in [-0.25, -0.2) is 4.68 Å². The van der Waals surface area contributed by atoms with E-state index in [9.17, 15) is 10.1 Å². The van der Waals surface area contributed by atoms with Crippen molar-refractivity contribution in [2.75, 3.05) is 25.5 Å². The van der Waals surface area contributed by atoms with Crippen LogP contribution in [0.3, 0.4) is 0 Å². The molecule has 0 aliphatic heterocycles. The Hall–Kier alpha value is -1.63. The highest BCUT2D eigenvalue weighted by molar-refractivity contribution is 5.59. The molecule has 20 heavy (non-hydrogen) atoms. The van der Waals surface area contributed by atoms with E-state index in [1.54, 1.807) is 11.6 Å². The number of nitrogens with zero attached hydrogens (tertiary/aromatic N) is 4. The molecule has 0 atom stereocenters. The zero-order valence-electron chi connectivity index (χ0n) is 13.2. The van der Waals surface area contributed by atoms with E-state index in [4.69, 9.17) is 0 Å². The van der Waals surface area contributed by atoms with Crippen LogP contribution in [0.1, 0.15) is 39.4 Å². The van der Waals surface area contributed by atoms with E-state index in [-0.39, 0.29) is 16.7 Å². The van der Waals surface area contributed by atoms with E-state index in [0.29, 0.717) is 24.1 Å². The minimum atomic E-state index is -0.365. The molecule has 0 amide bonds. The summed E-state index contributed by atoms with van der Waals surface area (Å²) in [5, 5.41) is 18.6. The Morgan fingerprint density at radius 1 is 1.40 bits per heavy atom. The third kappa shape index (κ3) is 3.69. The number of anilines is 1. The van der Waals surface area contributed by atoms with E-state index in [2.05, 4.69) is 29.2 Å². The molecule has 7 heteroatoms. The lowest BCUT2D eigenvalue weighted by Crippen LogP contribution is -2.31. The fraction of sp³-hybridized carbons (Fsp3) is 0.769. The lowest BCUT2D eigenvalue weighted by molar-refractivity contribution is -0.384. The summed E-state index contributed by atoms with van der Waals surface area (Å²) >= 11 is 0. The minimum Gasteiger partial charge on any atom is -0.363 e. The summed E-state index contributed by atoms with van der Waals surface area (Å²) in [6, 6.07) is 0.524. The molecule has 0 aliphatic carbocycles. The van der Waals surface area contributed by atoms with Crippen LogP contribution in [0.2, 0.25) is 0 Å². The van der Waals surface area contributed by atoms with Gasteiger partial charge in [-0.3, -0.25) is 10.1 Å². The maximum atomic E-state index is 11.2. The number of nitrogens with one attached hydrogen (secondary N) is 1. The van der Waals surface area contributed by atoms with E-state index >= 15 is 0 Å². The summed E-state index contributed by atoms with van der Waals surface area (Å²) in [6.07, 6.45) is 0. The largest absolute Gasteiger partial charge is 0.363 e. The van der Waals surface area contributed by atoms with Crippen LogP contribution < -0.4 is 5.32 Å². The zero-order valence-corrected chi connectivity index (χ0v) is 13.2. The maximum Gasteiger partial charge on any atom is 0.333 e. The highest BCUT2D eigenvalue weighted by Crippen LogP contribution is 2.30. The molecule has 114 valence electrons. The van der Waals surface area contributed by atoms with Crippen molar-refractivity contribution in [1.82, 2.24) is 14.7 Å². The van der Waals surface area contributed by atoms with Gasteiger partial charge >= 0.3 is 5.69 Å². The predicted octanol–water partition coefficient (Wildman–Crippen LogP) is 2.43. The second kappa shape index (κ2) is 6.69. The van der Waals surface area contributed by atoms with Crippen LogP contribution in [0, 0.1) is 17.0 Å². The number of hydrogen-bond acceptors (Lipinski definition) is 5. The minimum absolute atomic E-state index is 0.0749. The molecule has 1 rings (SSSR count). The van der Waals surface area contributed by atoms with Crippen molar-refractivity contribution in [2.24, 2.45) is 0 Å². The van der Waals surface area contributed by atoms with Crippen molar-refractivity contribution in [3.8, 4) is 0 Å². The SMILES string of the molecule is Cc1nn(C(C)C)c(NCCN(C)C(C)C)c1[N+](=O)[O-]. The number of likely N-dealkylation sites (N-methyl/N-ethyl adjacent to an activating group) is 1. The number of rotatable bonds is 7. The van der Waals surface area contributed by atoms with Gasteiger partial charge in [-0.1, -0.05) is 0 Å². The van der Waals surface area contributed by atoms with E-state index < -0.39 is 0 Å². The monoisotopic (exact) mass is 283 g/mol. The average molecular weight is 283 g/mol. The van der Waals surface area contributed by atoms with Crippen molar-refractivity contribution in [2.45, 2.75) is 46.7 Å². The lowest BCUT2D eigenvalue weighted by Gasteiger charge is -2.21. The summed E-state index contributed by atoms with van der Waals surface area (Å²) in [6.45, 7) is 11.3. The normalized spacial score (nSPS) is 11.7. The molecule has 1 aromatic rings. The summed E-state index contributed by atoms with van der Waals surface area (Å²) < 4.78 is 1.68. The van der Waals surface area contributed by atoms with Gasteiger partial charge in [0.2, 0.25) is 5.82 Å². The first-order valence-electron chi connectivity index (χ1n) is 6.93. The number of aromatic nitrogens is 2. The second-order valence-corrected chi connectivity index (χ2v) is 5.58. The molecule has 7 nitrogen and oxygen atoms in total. The molecular formula is C13H25N5O2. The molecule has 1 heterocycles. The highest BCUT2D eigenvalue weighted by Gasteiger charge is 2.26. The third-order valence-electron chi connectivity index (χ3n) is 3.36. The Morgan fingerprint density at radius 2 is 2.00 bits per heavy atom. The molecule has 0 spiro atoms. The van der Waals surface area contributed by atoms with Crippen LogP contribution >= 0.6 is 0 Å². The van der Waals surface area contributed by atoms with Gasteiger partial charge < -0.3 is 10.2 Å². The van der Waals surface area contributed by atoms with Gasteiger partial charge in [-0.2, -0.15) is 5.10 Å². The van der Waals surface area contributed by atoms with Crippen molar-refractivity contribution in [3.05, 3.63) is 15.8 Å². The topological polar surface area (TPSA) is 76.2 Å². The fourth-order valence-electron chi connectivity index (χ4n) is 1.90. The van der Waals surface area contributed by atoms with E-state index in [0.717, 1.165) is 6.54 Å². The molecule has 0 saturated heterocycles. The molecule has 0 radical (unpaired) electrons. The van der Waals surface area contributed by atoms with Gasteiger partial charge in [0.05, 0.1) is 4.92 Å². The van der Waals surface area contributed by atoms with Gasteiger partial charge in [-0.15, -0.1) is 0 Å². The van der Waals surface area contributed by atoms with Crippen LogP contribution in [0.4, 0.5) is 11.5 Å². The molecule has 1 aromatic heterocycles. The van der Waals surface area contributed by atoms with Crippen molar-refractivity contribution < 1.29 is 4.92 Å². The van der Waals surface area contributed by atoms with Gasteiger partial charge in [0.1, 0.15) is 5.69 Å². The van der Waals surface area contributed by atoms with Gasteiger partial charge in [0.25, 0.3) is 0 Å². The summed E-state index contributed by atoms with van der Waals surface area (Å²) in [5.74, 6) is 0.500.